The maximum atomic E-state index is 12.6. The molecular weight excluding hydrogens is 292 g/mol. The Kier molecular flexibility index (Phi) is 5.77. The Morgan fingerprint density at radius 2 is 1.96 bits per heavy atom. The molecule has 1 fully saturated rings. The molecule has 5 nitrogen and oxygen atoms in total. The molecule has 0 aromatic heterocycles. The maximum Gasteiger partial charge on any atom is 0.329 e. The Morgan fingerprint density at radius 1 is 1.26 bits per heavy atom. The molecule has 2 unspecified atom stereocenters. The van der Waals surface area contributed by atoms with Crippen molar-refractivity contribution in [3.8, 4) is 0 Å². The van der Waals surface area contributed by atoms with Crippen LogP contribution in [-0.2, 0) is 9.53 Å². The first-order chi connectivity index (χ1) is 10.9. The van der Waals surface area contributed by atoms with Gasteiger partial charge in [-0.15, -0.1) is 0 Å². The summed E-state index contributed by atoms with van der Waals surface area (Å²) in [5, 5.41) is 6.16. The van der Waals surface area contributed by atoms with E-state index in [1.807, 2.05) is 26.8 Å². The minimum absolute atomic E-state index is 0.0475. The summed E-state index contributed by atoms with van der Waals surface area (Å²) in [6, 6.07) is 8.31. The summed E-state index contributed by atoms with van der Waals surface area (Å²) in [6.45, 7) is 7.16. The summed E-state index contributed by atoms with van der Waals surface area (Å²) < 4.78 is 5.51. The third-order valence-corrected chi connectivity index (χ3v) is 3.79. The highest BCUT2D eigenvalue weighted by Crippen LogP contribution is 2.19. The van der Waals surface area contributed by atoms with Crippen molar-refractivity contribution in [2.24, 2.45) is 5.92 Å². The maximum absolute atomic E-state index is 12.6. The lowest BCUT2D eigenvalue weighted by Crippen LogP contribution is -2.52. The van der Waals surface area contributed by atoms with Gasteiger partial charge in [-0.25, -0.2) is 4.79 Å². The molecule has 23 heavy (non-hydrogen) atoms. The number of nitrogens with one attached hydrogen (secondary N) is 2. The van der Waals surface area contributed by atoms with Crippen LogP contribution in [0, 0.1) is 5.92 Å². The molecule has 1 aliphatic rings. The Labute approximate surface area is 137 Å². The molecule has 0 bridgehead atoms. The number of benzene rings is 1. The van der Waals surface area contributed by atoms with E-state index in [9.17, 15) is 9.59 Å². The summed E-state index contributed by atoms with van der Waals surface area (Å²) in [5.41, 5.74) is -0.0284. The van der Waals surface area contributed by atoms with Crippen molar-refractivity contribution < 1.29 is 14.3 Å². The normalized spacial score (nSPS) is 19.7. The van der Waals surface area contributed by atoms with Crippen LogP contribution in [-0.4, -0.2) is 36.6 Å². The summed E-state index contributed by atoms with van der Waals surface area (Å²) in [5.74, 6) is -0.561. The molecule has 5 heteroatoms. The van der Waals surface area contributed by atoms with Gasteiger partial charge in [0.2, 0.25) is 0 Å². The number of ether oxygens (including phenoxy) is 1. The number of amides is 1. The van der Waals surface area contributed by atoms with E-state index in [1.165, 1.54) is 0 Å². The monoisotopic (exact) mass is 318 g/mol. The third-order valence-electron chi connectivity index (χ3n) is 3.79. The van der Waals surface area contributed by atoms with Gasteiger partial charge in [0, 0.05) is 18.0 Å². The van der Waals surface area contributed by atoms with Crippen molar-refractivity contribution in [2.75, 3.05) is 13.1 Å². The van der Waals surface area contributed by atoms with Crippen LogP contribution in [0.15, 0.2) is 30.3 Å². The minimum atomic E-state index is -0.630. The predicted octanol–water partition coefficient (Wildman–Crippen LogP) is 2.13. The standard InChI is InChI=1S/C18H26N2O3/c1-18(2,3)23-17(22)15(14-10-7-11-19-12-14)20-16(21)13-8-5-4-6-9-13/h4-6,8-9,14-15,19H,7,10-12H2,1-3H3,(H,20,21). The fourth-order valence-electron chi connectivity index (χ4n) is 2.71. The molecule has 1 heterocycles. The highest BCUT2D eigenvalue weighted by molar-refractivity contribution is 5.96. The molecule has 0 radical (unpaired) electrons. The zero-order valence-electron chi connectivity index (χ0n) is 14.1. The van der Waals surface area contributed by atoms with Crippen molar-refractivity contribution in [1.29, 1.82) is 0 Å². The van der Waals surface area contributed by atoms with Gasteiger partial charge in [0.15, 0.2) is 0 Å². The molecule has 1 aliphatic heterocycles. The van der Waals surface area contributed by atoms with Crippen LogP contribution in [0.2, 0.25) is 0 Å². The second-order valence-corrected chi connectivity index (χ2v) is 6.96. The number of carbonyl (C=O) groups is 2. The average molecular weight is 318 g/mol. The quantitative estimate of drug-likeness (QED) is 0.835. The number of piperidine rings is 1. The van der Waals surface area contributed by atoms with E-state index in [2.05, 4.69) is 10.6 Å². The molecule has 1 aromatic rings. The van der Waals surface area contributed by atoms with Crippen molar-refractivity contribution in [3.05, 3.63) is 35.9 Å². The van der Waals surface area contributed by atoms with Crippen molar-refractivity contribution in [1.82, 2.24) is 10.6 Å². The fourth-order valence-corrected chi connectivity index (χ4v) is 2.71. The molecule has 2 N–H and O–H groups in total. The van der Waals surface area contributed by atoms with Crippen molar-refractivity contribution in [2.45, 2.75) is 45.3 Å². The molecular formula is C18H26N2O3. The molecule has 1 aromatic carbocycles. The summed E-state index contributed by atoms with van der Waals surface area (Å²) in [6.07, 6.45) is 1.89. The molecule has 0 aliphatic carbocycles. The summed E-state index contributed by atoms with van der Waals surface area (Å²) >= 11 is 0. The molecule has 2 atom stereocenters. The van der Waals surface area contributed by atoms with Crippen LogP contribution < -0.4 is 10.6 Å². The van der Waals surface area contributed by atoms with Gasteiger partial charge in [0.25, 0.3) is 5.91 Å². The van der Waals surface area contributed by atoms with Gasteiger partial charge in [-0.2, -0.15) is 0 Å². The van der Waals surface area contributed by atoms with Gasteiger partial charge in [-0.3, -0.25) is 4.79 Å². The van der Waals surface area contributed by atoms with Crippen LogP contribution >= 0.6 is 0 Å². The van der Waals surface area contributed by atoms with E-state index in [0.717, 1.165) is 19.4 Å². The zero-order chi connectivity index (χ0) is 16.9. The molecule has 0 saturated carbocycles. The van der Waals surface area contributed by atoms with Gasteiger partial charge in [-0.05, 0) is 52.3 Å². The van der Waals surface area contributed by atoms with E-state index in [1.54, 1.807) is 24.3 Å². The molecule has 1 amide bonds. The fraction of sp³-hybridized carbons (Fsp3) is 0.556. The van der Waals surface area contributed by atoms with Gasteiger partial charge in [0.1, 0.15) is 11.6 Å². The molecule has 0 spiro atoms. The number of hydrogen-bond donors (Lipinski definition) is 2. The van der Waals surface area contributed by atoms with Crippen molar-refractivity contribution in [3.63, 3.8) is 0 Å². The van der Waals surface area contributed by atoms with E-state index in [0.29, 0.717) is 12.1 Å². The molecule has 1 saturated heterocycles. The number of rotatable bonds is 4. The molecule has 2 rings (SSSR count). The van der Waals surface area contributed by atoms with Gasteiger partial charge in [0.05, 0.1) is 0 Å². The van der Waals surface area contributed by atoms with Crippen LogP contribution in [0.25, 0.3) is 0 Å². The van der Waals surface area contributed by atoms with Crippen LogP contribution in [0.4, 0.5) is 0 Å². The van der Waals surface area contributed by atoms with E-state index < -0.39 is 11.6 Å². The lowest BCUT2D eigenvalue weighted by Gasteiger charge is -2.32. The Hall–Kier alpha value is -1.88. The van der Waals surface area contributed by atoms with E-state index in [-0.39, 0.29) is 17.8 Å². The van der Waals surface area contributed by atoms with Crippen LogP contribution in [0.1, 0.15) is 44.0 Å². The summed E-state index contributed by atoms with van der Waals surface area (Å²) in [4.78, 5) is 25.0. The van der Waals surface area contributed by atoms with Gasteiger partial charge < -0.3 is 15.4 Å². The largest absolute Gasteiger partial charge is 0.458 e. The Morgan fingerprint density at radius 3 is 2.52 bits per heavy atom. The van der Waals surface area contributed by atoms with E-state index in [4.69, 9.17) is 4.74 Å². The smallest absolute Gasteiger partial charge is 0.329 e. The van der Waals surface area contributed by atoms with Crippen LogP contribution in [0.3, 0.4) is 0 Å². The Bertz CT molecular complexity index is 531. The average Bonchev–Trinajstić information content (AvgIpc) is 2.52. The molecule has 126 valence electrons. The Balaban J connectivity index is 2.12. The first-order valence-corrected chi connectivity index (χ1v) is 8.16. The van der Waals surface area contributed by atoms with Gasteiger partial charge >= 0.3 is 5.97 Å². The first kappa shape index (κ1) is 17.5. The van der Waals surface area contributed by atoms with Gasteiger partial charge in [-0.1, -0.05) is 18.2 Å². The third kappa shape index (κ3) is 5.36. The SMILES string of the molecule is CC(C)(C)OC(=O)C(NC(=O)c1ccccc1)C1CCCNC1. The van der Waals surface area contributed by atoms with Crippen molar-refractivity contribution >= 4 is 11.9 Å². The predicted molar refractivity (Wildman–Crippen MR) is 89.1 cm³/mol. The number of hydrogen-bond acceptors (Lipinski definition) is 4. The second-order valence-electron chi connectivity index (χ2n) is 6.96. The zero-order valence-corrected chi connectivity index (χ0v) is 14.1. The number of esters is 1. The summed E-state index contributed by atoms with van der Waals surface area (Å²) in [7, 11) is 0. The minimum Gasteiger partial charge on any atom is -0.458 e. The van der Waals surface area contributed by atoms with Crippen LogP contribution in [0.5, 0.6) is 0 Å². The highest BCUT2D eigenvalue weighted by atomic mass is 16.6. The highest BCUT2D eigenvalue weighted by Gasteiger charge is 2.34. The number of carbonyl (C=O) groups excluding carboxylic acids is 2. The second kappa shape index (κ2) is 7.59. The van der Waals surface area contributed by atoms with E-state index >= 15 is 0 Å². The first-order valence-electron chi connectivity index (χ1n) is 8.16. The lowest BCUT2D eigenvalue weighted by atomic mass is 9.91. The topological polar surface area (TPSA) is 67.4 Å². The lowest BCUT2D eigenvalue weighted by molar-refractivity contribution is -0.159.